The van der Waals surface area contributed by atoms with Crippen LogP contribution in [-0.2, 0) is 21.8 Å². The van der Waals surface area contributed by atoms with Gasteiger partial charge in [0.1, 0.15) is 0 Å². The minimum atomic E-state index is -3.40. The molecule has 2 aromatic carbocycles. The van der Waals surface area contributed by atoms with Gasteiger partial charge in [0.05, 0.1) is 4.90 Å². The van der Waals surface area contributed by atoms with Crippen molar-refractivity contribution in [2.45, 2.75) is 16.6 Å². The zero-order valence-electron chi connectivity index (χ0n) is 10.9. The number of alkyl halides is 1. The molecule has 1 N–H and O–H groups in total. The third-order valence-corrected chi connectivity index (χ3v) is 5.06. The monoisotopic (exact) mass is 353 g/mol. The summed E-state index contributed by atoms with van der Waals surface area (Å²) in [6.07, 6.45) is 0.675. The Morgan fingerprint density at radius 1 is 0.900 bits per heavy atom. The Bertz CT molecular complexity index is 639. The van der Waals surface area contributed by atoms with Crippen molar-refractivity contribution in [3.05, 3.63) is 65.7 Å². The van der Waals surface area contributed by atoms with Crippen LogP contribution in [0.25, 0.3) is 0 Å². The molecule has 2 rings (SSSR count). The lowest BCUT2D eigenvalue weighted by atomic mass is 10.1. The summed E-state index contributed by atoms with van der Waals surface area (Å²) in [7, 11) is -3.40. The Kier molecular flexibility index (Phi) is 5.34. The summed E-state index contributed by atoms with van der Waals surface area (Å²) in [5.41, 5.74) is 2.32. The average molecular weight is 354 g/mol. The van der Waals surface area contributed by atoms with E-state index in [9.17, 15) is 8.42 Å². The Morgan fingerprint density at radius 3 is 2.10 bits per heavy atom. The molecule has 0 bridgehead atoms. The highest BCUT2D eigenvalue weighted by atomic mass is 79.9. The van der Waals surface area contributed by atoms with E-state index in [-0.39, 0.29) is 0 Å². The van der Waals surface area contributed by atoms with Crippen molar-refractivity contribution >= 4 is 26.0 Å². The lowest BCUT2D eigenvalue weighted by Crippen LogP contribution is -2.25. The molecule has 0 atom stereocenters. The van der Waals surface area contributed by atoms with Crippen LogP contribution in [0.15, 0.2) is 59.5 Å². The first kappa shape index (κ1) is 15.2. The van der Waals surface area contributed by atoms with Crippen molar-refractivity contribution in [2.24, 2.45) is 0 Å². The zero-order chi connectivity index (χ0) is 14.4. The molecule has 2 aromatic rings. The fraction of sp³-hybridized carbons (Fsp3) is 0.200. The molecule has 0 unspecified atom stereocenters. The first-order chi connectivity index (χ1) is 9.62. The van der Waals surface area contributed by atoms with Gasteiger partial charge in [-0.2, -0.15) is 0 Å². The molecular weight excluding hydrogens is 338 g/mol. The summed E-state index contributed by atoms with van der Waals surface area (Å²) in [6, 6.07) is 16.5. The topological polar surface area (TPSA) is 46.2 Å². The number of halogens is 1. The number of nitrogens with one attached hydrogen (secondary N) is 1. The average Bonchev–Trinajstić information content (AvgIpc) is 2.49. The zero-order valence-corrected chi connectivity index (χ0v) is 13.3. The van der Waals surface area contributed by atoms with Crippen LogP contribution in [-0.4, -0.2) is 15.0 Å². The number of hydrogen-bond donors (Lipinski definition) is 1. The number of benzene rings is 2. The normalized spacial score (nSPS) is 11.4. The van der Waals surface area contributed by atoms with Crippen molar-refractivity contribution < 1.29 is 8.42 Å². The number of rotatable bonds is 6. The lowest BCUT2D eigenvalue weighted by Gasteiger charge is -2.07. The fourth-order valence-corrected chi connectivity index (χ4v) is 3.23. The SMILES string of the molecule is O=S(=O)(NCCc1ccc(CBr)cc1)c1ccccc1. The Hall–Kier alpha value is -1.17. The minimum Gasteiger partial charge on any atom is -0.211 e. The van der Waals surface area contributed by atoms with E-state index in [1.807, 2.05) is 24.3 Å². The van der Waals surface area contributed by atoms with E-state index in [1.165, 1.54) is 5.56 Å². The maximum Gasteiger partial charge on any atom is 0.240 e. The molecule has 0 fully saturated rings. The van der Waals surface area contributed by atoms with Crippen LogP contribution in [0.2, 0.25) is 0 Å². The smallest absolute Gasteiger partial charge is 0.211 e. The van der Waals surface area contributed by atoms with Crippen molar-refractivity contribution in [1.29, 1.82) is 0 Å². The second kappa shape index (κ2) is 7.02. The maximum atomic E-state index is 12.0. The standard InChI is InChI=1S/C15H16BrNO2S/c16-12-14-8-6-13(7-9-14)10-11-17-20(18,19)15-4-2-1-3-5-15/h1-9,17H,10-12H2. The fourth-order valence-electron chi connectivity index (χ4n) is 1.81. The minimum absolute atomic E-state index is 0.301. The highest BCUT2D eigenvalue weighted by Gasteiger charge is 2.11. The van der Waals surface area contributed by atoms with E-state index in [0.717, 1.165) is 10.9 Å². The Balaban J connectivity index is 1.92. The molecule has 0 spiro atoms. The van der Waals surface area contributed by atoms with Gasteiger partial charge in [0.15, 0.2) is 0 Å². The summed E-state index contributed by atoms with van der Waals surface area (Å²) in [6.45, 7) is 0.394. The molecule has 0 amide bonds. The molecular formula is C15H16BrNO2S. The van der Waals surface area contributed by atoms with Crippen LogP contribution >= 0.6 is 15.9 Å². The van der Waals surface area contributed by atoms with Gasteiger partial charge in [-0.05, 0) is 29.7 Å². The van der Waals surface area contributed by atoms with Gasteiger partial charge < -0.3 is 0 Å². The van der Waals surface area contributed by atoms with E-state index in [1.54, 1.807) is 30.3 Å². The molecule has 0 aromatic heterocycles. The second-order valence-electron chi connectivity index (χ2n) is 4.41. The van der Waals surface area contributed by atoms with Gasteiger partial charge in [-0.1, -0.05) is 58.4 Å². The van der Waals surface area contributed by atoms with Gasteiger partial charge in [-0.3, -0.25) is 0 Å². The molecule has 5 heteroatoms. The molecule has 3 nitrogen and oxygen atoms in total. The number of sulfonamides is 1. The summed E-state index contributed by atoms with van der Waals surface area (Å²) >= 11 is 3.39. The first-order valence-electron chi connectivity index (χ1n) is 6.30. The number of hydrogen-bond acceptors (Lipinski definition) is 2. The Morgan fingerprint density at radius 2 is 1.50 bits per heavy atom. The van der Waals surface area contributed by atoms with Crippen LogP contribution < -0.4 is 4.72 Å². The summed E-state index contributed by atoms with van der Waals surface area (Å²) in [5.74, 6) is 0. The van der Waals surface area contributed by atoms with Gasteiger partial charge in [0.2, 0.25) is 10.0 Å². The van der Waals surface area contributed by atoms with Crippen LogP contribution in [0, 0.1) is 0 Å². The molecule has 106 valence electrons. The quantitative estimate of drug-likeness (QED) is 0.811. The molecule has 20 heavy (non-hydrogen) atoms. The van der Waals surface area contributed by atoms with Gasteiger partial charge >= 0.3 is 0 Å². The van der Waals surface area contributed by atoms with Crippen molar-refractivity contribution in [2.75, 3.05) is 6.54 Å². The van der Waals surface area contributed by atoms with Gasteiger partial charge in [-0.15, -0.1) is 0 Å². The molecule has 0 heterocycles. The van der Waals surface area contributed by atoms with E-state index in [0.29, 0.717) is 17.9 Å². The largest absolute Gasteiger partial charge is 0.240 e. The van der Waals surface area contributed by atoms with Crippen LogP contribution in [0.5, 0.6) is 0 Å². The third-order valence-electron chi connectivity index (χ3n) is 2.94. The lowest BCUT2D eigenvalue weighted by molar-refractivity contribution is 0.581. The van der Waals surface area contributed by atoms with Gasteiger partial charge in [-0.25, -0.2) is 13.1 Å². The van der Waals surface area contributed by atoms with Crippen LogP contribution in [0.4, 0.5) is 0 Å². The van der Waals surface area contributed by atoms with E-state index >= 15 is 0 Å². The molecule has 0 saturated carbocycles. The molecule has 0 aliphatic heterocycles. The van der Waals surface area contributed by atoms with Crippen LogP contribution in [0.3, 0.4) is 0 Å². The summed E-state index contributed by atoms with van der Waals surface area (Å²) in [4.78, 5) is 0.301. The van der Waals surface area contributed by atoms with Gasteiger partial charge in [0.25, 0.3) is 0 Å². The van der Waals surface area contributed by atoms with E-state index < -0.39 is 10.0 Å². The van der Waals surface area contributed by atoms with E-state index in [4.69, 9.17) is 0 Å². The van der Waals surface area contributed by atoms with Crippen molar-refractivity contribution in [3.63, 3.8) is 0 Å². The molecule has 0 radical (unpaired) electrons. The molecule has 0 aliphatic rings. The van der Waals surface area contributed by atoms with Gasteiger partial charge in [0, 0.05) is 11.9 Å². The highest BCUT2D eigenvalue weighted by molar-refractivity contribution is 9.08. The third kappa shape index (κ3) is 4.16. The van der Waals surface area contributed by atoms with Crippen LogP contribution in [0.1, 0.15) is 11.1 Å². The molecule has 0 saturated heterocycles. The Labute approximate surface area is 128 Å². The predicted molar refractivity (Wildman–Crippen MR) is 84.4 cm³/mol. The highest BCUT2D eigenvalue weighted by Crippen LogP contribution is 2.09. The summed E-state index contributed by atoms with van der Waals surface area (Å²) in [5, 5.41) is 0.827. The summed E-state index contributed by atoms with van der Waals surface area (Å²) < 4.78 is 26.6. The second-order valence-corrected chi connectivity index (χ2v) is 6.74. The van der Waals surface area contributed by atoms with E-state index in [2.05, 4.69) is 20.7 Å². The maximum absolute atomic E-state index is 12.0. The predicted octanol–water partition coefficient (Wildman–Crippen LogP) is 3.10. The molecule has 0 aliphatic carbocycles. The van der Waals surface area contributed by atoms with Crippen molar-refractivity contribution in [1.82, 2.24) is 4.72 Å². The first-order valence-corrected chi connectivity index (χ1v) is 8.91. The van der Waals surface area contributed by atoms with Crippen molar-refractivity contribution in [3.8, 4) is 0 Å².